The molecular weight excluding hydrogens is 278 g/mol. The summed E-state index contributed by atoms with van der Waals surface area (Å²) >= 11 is 5.92. The van der Waals surface area contributed by atoms with Gasteiger partial charge in [-0.2, -0.15) is 5.10 Å². The van der Waals surface area contributed by atoms with Crippen LogP contribution in [0.5, 0.6) is 0 Å². The third-order valence-electron chi connectivity index (χ3n) is 2.43. The number of hydrogen-bond donors (Lipinski definition) is 2. The van der Waals surface area contributed by atoms with Gasteiger partial charge in [0, 0.05) is 18.3 Å². The number of carbonyl (C=O) groups excluding carboxylic acids is 1. The number of hydrogen-bond acceptors (Lipinski definition) is 5. The molecule has 0 spiro atoms. The Kier molecular flexibility index (Phi) is 4.84. The van der Waals surface area contributed by atoms with Crippen molar-refractivity contribution in [1.29, 1.82) is 0 Å². The molecule has 0 unspecified atom stereocenters. The Morgan fingerprint density at radius 3 is 2.90 bits per heavy atom. The average molecular weight is 292 g/mol. The van der Waals surface area contributed by atoms with Crippen molar-refractivity contribution in [1.82, 2.24) is 15.2 Å². The highest BCUT2D eigenvalue weighted by molar-refractivity contribution is 6.30. The molecule has 0 saturated heterocycles. The molecule has 2 aromatic heterocycles. The van der Waals surface area contributed by atoms with Gasteiger partial charge in [0.15, 0.2) is 5.82 Å². The fourth-order valence-electron chi connectivity index (χ4n) is 1.53. The maximum atomic E-state index is 12.1. The van der Waals surface area contributed by atoms with Crippen LogP contribution in [0, 0.1) is 0 Å². The molecule has 0 aliphatic heterocycles. The van der Waals surface area contributed by atoms with Gasteiger partial charge < -0.3 is 10.6 Å². The zero-order valence-electron chi connectivity index (χ0n) is 10.9. The number of aromatic nitrogens is 3. The van der Waals surface area contributed by atoms with Crippen molar-refractivity contribution in [3.05, 3.63) is 41.2 Å². The molecule has 0 saturated carbocycles. The van der Waals surface area contributed by atoms with Crippen molar-refractivity contribution in [2.24, 2.45) is 0 Å². The first-order valence-corrected chi connectivity index (χ1v) is 6.57. The normalized spacial score (nSPS) is 10.1. The molecule has 0 aliphatic carbocycles. The highest BCUT2D eigenvalue weighted by atomic mass is 35.5. The number of anilines is 2. The standard InChI is InChI=1S/C13H14ClN5O/c1-2-5-15-12-8-9(7-10(14)17-12)13(20)18-11-4-3-6-16-19-11/h3-4,6-8H,2,5H2,1H3,(H,15,17)(H,18,19,20). The van der Waals surface area contributed by atoms with Crippen LogP contribution in [0.15, 0.2) is 30.5 Å². The van der Waals surface area contributed by atoms with Gasteiger partial charge in [-0.1, -0.05) is 18.5 Å². The van der Waals surface area contributed by atoms with Crippen molar-refractivity contribution in [2.45, 2.75) is 13.3 Å². The number of pyridine rings is 1. The fraction of sp³-hybridized carbons (Fsp3) is 0.231. The second kappa shape index (κ2) is 6.81. The summed E-state index contributed by atoms with van der Waals surface area (Å²) in [5, 5.41) is 13.5. The highest BCUT2D eigenvalue weighted by Crippen LogP contribution is 2.15. The van der Waals surface area contributed by atoms with Crippen LogP contribution < -0.4 is 10.6 Å². The highest BCUT2D eigenvalue weighted by Gasteiger charge is 2.10. The molecule has 0 aromatic carbocycles. The summed E-state index contributed by atoms with van der Waals surface area (Å²) in [4.78, 5) is 16.2. The van der Waals surface area contributed by atoms with Gasteiger partial charge in [-0.15, -0.1) is 5.10 Å². The number of nitrogens with one attached hydrogen (secondary N) is 2. The molecule has 0 aliphatic rings. The third kappa shape index (κ3) is 3.89. The van der Waals surface area contributed by atoms with Gasteiger partial charge in [-0.3, -0.25) is 4.79 Å². The first-order valence-electron chi connectivity index (χ1n) is 6.19. The van der Waals surface area contributed by atoms with Crippen LogP contribution in [0.25, 0.3) is 0 Å². The minimum Gasteiger partial charge on any atom is -0.370 e. The minimum absolute atomic E-state index is 0.260. The monoisotopic (exact) mass is 291 g/mol. The van der Waals surface area contributed by atoms with E-state index < -0.39 is 0 Å². The summed E-state index contributed by atoms with van der Waals surface area (Å²) in [7, 11) is 0. The fourth-order valence-corrected chi connectivity index (χ4v) is 1.74. The van der Waals surface area contributed by atoms with E-state index in [1.807, 2.05) is 6.92 Å². The third-order valence-corrected chi connectivity index (χ3v) is 2.62. The van der Waals surface area contributed by atoms with E-state index >= 15 is 0 Å². The average Bonchev–Trinajstić information content (AvgIpc) is 2.45. The van der Waals surface area contributed by atoms with Crippen LogP contribution in [0.1, 0.15) is 23.7 Å². The van der Waals surface area contributed by atoms with Crippen molar-refractivity contribution >= 4 is 29.1 Å². The van der Waals surface area contributed by atoms with Crippen molar-refractivity contribution < 1.29 is 4.79 Å². The van der Waals surface area contributed by atoms with Crippen LogP contribution in [0.2, 0.25) is 5.15 Å². The molecule has 104 valence electrons. The predicted octanol–water partition coefficient (Wildman–Crippen LogP) is 2.60. The van der Waals surface area contributed by atoms with Crippen LogP contribution in [-0.4, -0.2) is 27.6 Å². The first-order chi connectivity index (χ1) is 9.69. The van der Waals surface area contributed by atoms with E-state index in [0.717, 1.165) is 13.0 Å². The number of rotatable bonds is 5. The molecule has 0 atom stereocenters. The second-order valence-electron chi connectivity index (χ2n) is 4.05. The van der Waals surface area contributed by atoms with Crippen LogP contribution >= 0.6 is 11.6 Å². The Balaban J connectivity index is 2.15. The maximum absolute atomic E-state index is 12.1. The zero-order chi connectivity index (χ0) is 14.4. The summed E-state index contributed by atoms with van der Waals surface area (Å²) < 4.78 is 0. The Bertz CT molecular complexity index is 591. The van der Waals surface area contributed by atoms with Crippen molar-refractivity contribution in [2.75, 3.05) is 17.2 Å². The minimum atomic E-state index is -0.311. The lowest BCUT2D eigenvalue weighted by molar-refractivity contribution is 0.102. The summed E-state index contributed by atoms with van der Waals surface area (Å²) in [6.07, 6.45) is 2.49. The van der Waals surface area contributed by atoms with Crippen molar-refractivity contribution in [3.8, 4) is 0 Å². The summed E-state index contributed by atoms with van der Waals surface area (Å²) in [5.41, 5.74) is 0.411. The largest absolute Gasteiger partial charge is 0.370 e. The molecule has 1 amide bonds. The molecule has 0 bridgehead atoms. The van der Waals surface area contributed by atoms with E-state index in [0.29, 0.717) is 17.2 Å². The van der Waals surface area contributed by atoms with Gasteiger partial charge in [0.05, 0.1) is 0 Å². The van der Waals surface area contributed by atoms with Gasteiger partial charge in [-0.25, -0.2) is 4.98 Å². The van der Waals surface area contributed by atoms with Crippen LogP contribution in [0.4, 0.5) is 11.6 Å². The molecule has 0 fully saturated rings. The Labute approximate surface area is 121 Å². The number of amides is 1. The first kappa shape index (κ1) is 14.2. The Morgan fingerprint density at radius 2 is 2.20 bits per heavy atom. The van der Waals surface area contributed by atoms with E-state index in [2.05, 4.69) is 25.8 Å². The smallest absolute Gasteiger partial charge is 0.257 e. The van der Waals surface area contributed by atoms with Gasteiger partial charge in [0.1, 0.15) is 11.0 Å². The topological polar surface area (TPSA) is 79.8 Å². The van der Waals surface area contributed by atoms with Gasteiger partial charge in [-0.05, 0) is 30.7 Å². The summed E-state index contributed by atoms with van der Waals surface area (Å²) in [6, 6.07) is 6.50. The molecule has 2 rings (SSSR count). The summed E-state index contributed by atoms with van der Waals surface area (Å²) in [6.45, 7) is 2.80. The summed E-state index contributed by atoms with van der Waals surface area (Å²) in [5.74, 6) is 0.645. The van der Waals surface area contributed by atoms with Crippen LogP contribution in [0.3, 0.4) is 0 Å². The van der Waals surface area contributed by atoms with E-state index in [9.17, 15) is 4.79 Å². The molecule has 20 heavy (non-hydrogen) atoms. The SMILES string of the molecule is CCCNc1cc(C(=O)Nc2cccnn2)cc(Cl)n1. The number of carbonyl (C=O) groups is 1. The molecule has 6 nitrogen and oxygen atoms in total. The molecule has 2 aromatic rings. The lowest BCUT2D eigenvalue weighted by atomic mass is 10.2. The Hall–Kier alpha value is -2.21. The van der Waals surface area contributed by atoms with Crippen LogP contribution in [-0.2, 0) is 0 Å². The van der Waals surface area contributed by atoms with Gasteiger partial charge in [0.2, 0.25) is 0 Å². The molecular formula is C13H14ClN5O. The predicted molar refractivity (Wildman–Crippen MR) is 78.0 cm³/mol. The number of halogens is 1. The second-order valence-corrected chi connectivity index (χ2v) is 4.44. The molecule has 7 heteroatoms. The molecule has 0 radical (unpaired) electrons. The van der Waals surface area contributed by atoms with Gasteiger partial charge in [0.25, 0.3) is 5.91 Å². The lowest BCUT2D eigenvalue weighted by Gasteiger charge is -2.08. The van der Waals surface area contributed by atoms with E-state index in [1.165, 1.54) is 12.3 Å². The zero-order valence-corrected chi connectivity index (χ0v) is 11.7. The Morgan fingerprint density at radius 1 is 1.35 bits per heavy atom. The quantitative estimate of drug-likeness (QED) is 0.828. The van der Waals surface area contributed by atoms with Crippen molar-refractivity contribution in [3.63, 3.8) is 0 Å². The molecule has 2 heterocycles. The van der Waals surface area contributed by atoms with E-state index in [4.69, 9.17) is 11.6 Å². The maximum Gasteiger partial charge on any atom is 0.257 e. The van der Waals surface area contributed by atoms with Gasteiger partial charge >= 0.3 is 0 Å². The van der Waals surface area contributed by atoms with E-state index in [-0.39, 0.29) is 11.1 Å². The lowest BCUT2D eigenvalue weighted by Crippen LogP contribution is -2.14. The molecule has 2 N–H and O–H groups in total. The number of nitrogens with zero attached hydrogens (tertiary/aromatic N) is 3. The van der Waals surface area contributed by atoms with E-state index in [1.54, 1.807) is 18.2 Å².